The quantitative estimate of drug-likeness (QED) is 0.498. The standard InChI is InChI=1S/C23H19NO4S/c1-27-19-8-4-3-7-18(19)22(25)24-16-10-12-17(13-11-16)28-23(26)21-14-15-6-2-5-9-20(15)29-21/h2-13,21H,14H2,1H3,(H,24,25). The van der Waals surface area contributed by atoms with Gasteiger partial charge in [-0.15, -0.1) is 11.8 Å². The normalized spacial score (nSPS) is 14.7. The van der Waals surface area contributed by atoms with E-state index < -0.39 is 0 Å². The highest BCUT2D eigenvalue weighted by atomic mass is 32.2. The van der Waals surface area contributed by atoms with Crippen LogP contribution in [0.5, 0.6) is 11.5 Å². The summed E-state index contributed by atoms with van der Waals surface area (Å²) in [4.78, 5) is 26.1. The van der Waals surface area contributed by atoms with Crippen LogP contribution in [0.4, 0.5) is 5.69 Å². The first-order valence-electron chi connectivity index (χ1n) is 9.15. The average Bonchev–Trinajstić information content (AvgIpc) is 3.19. The van der Waals surface area contributed by atoms with Gasteiger partial charge in [-0.3, -0.25) is 9.59 Å². The molecule has 0 saturated carbocycles. The Bertz CT molecular complexity index is 1020. The molecule has 29 heavy (non-hydrogen) atoms. The zero-order valence-electron chi connectivity index (χ0n) is 15.8. The maximum Gasteiger partial charge on any atom is 0.325 e. The SMILES string of the molecule is COc1ccccc1C(=O)Nc1ccc(OC(=O)C2Cc3ccccc3S2)cc1. The highest BCUT2D eigenvalue weighted by Crippen LogP contribution is 2.37. The molecule has 3 aromatic carbocycles. The summed E-state index contributed by atoms with van der Waals surface area (Å²) in [7, 11) is 1.52. The lowest BCUT2D eigenvalue weighted by molar-refractivity contribution is -0.133. The molecule has 0 spiro atoms. The number of methoxy groups -OCH3 is 1. The van der Waals surface area contributed by atoms with Gasteiger partial charge >= 0.3 is 5.97 Å². The molecule has 5 nitrogen and oxygen atoms in total. The molecule has 3 aromatic rings. The number of hydrogen-bond acceptors (Lipinski definition) is 5. The topological polar surface area (TPSA) is 64.6 Å². The van der Waals surface area contributed by atoms with Gasteiger partial charge in [-0.05, 0) is 54.4 Å². The minimum atomic E-state index is -0.271. The van der Waals surface area contributed by atoms with E-state index in [4.69, 9.17) is 9.47 Å². The molecule has 4 rings (SSSR count). The number of thioether (sulfide) groups is 1. The van der Waals surface area contributed by atoms with Crippen LogP contribution in [0.3, 0.4) is 0 Å². The van der Waals surface area contributed by atoms with Gasteiger partial charge < -0.3 is 14.8 Å². The predicted octanol–water partition coefficient (Wildman–Crippen LogP) is 4.57. The maximum atomic E-state index is 12.5. The van der Waals surface area contributed by atoms with E-state index in [1.807, 2.05) is 24.3 Å². The van der Waals surface area contributed by atoms with Gasteiger partial charge in [-0.2, -0.15) is 0 Å². The molecular weight excluding hydrogens is 386 g/mol. The Kier molecular flexibility index (Phi) is 5.53. The summed E-state index contributed by atoms with van der Waals surface area (Å²) in [6.07, 6.45) is 0.673. The Morgan fingerprint density at radius 3 is 2.45 bits per heavy atom. The van der Waals surface area contributed by atoms with Gasteiger partial charge in [0.2, 0.25) is 0 Å². The average molecular weight is 405 g/mol. The number of ether oxygens (including phenoxy) is 2. The number of para-hydroxylation sites is 1. The lowest BCUT2D eigenvalue weighted by Crippen LogP contribution is -2.22. The van der Waals surface area contributed by atoms with Crippen LogP contribution in [0.15, 0.2) is 77.7 Å². The van der Waals surface area contributed by atoms with Crippen LogP contribution >= 0.6 is 11.8 Å². The molecule has 0 aliphatic carbocycles. The molecule has 1 aliphatic heterocycles. The number of esters is 1. The Morgan fingerprint density at radius 1 is 0.966 bits per heavy atom. The summed E-state index contributed by atoms with van der Waals surface area (Å²) in [6.45, 7) is 0. The minimum absolute atomic E-state index is 0.239. The lowest BCUT2D eigenvalue weighted by Gasteiger charge is -2.11. The second-order valence-electron chi connectivity index (χ2n) is 6.52. The van der Waals surface area contributed by atoms with Crippen molar-refractivity contribution in [2.75, 3.05) is 12.4 Å². The molecule has 6 heteroatoms. The maximum absolute atomic E-state index is 12.5. The zero-order valence-corrected chi connectivity index (χ0v) is 16.6. The Hall–Kier alpha value is -3.25. The zero-order chi connectivity index (χ0) is 20.2. The monoisotopic (exact) mass is 405 g/mol. The molecule has 1 N–H and O–H groups in total. The van der Waals surface area contributed by atoms with E-state index in [1.54, 1.807) is 48.5 Å². The largest absolute Gasteiger partial charge is 0.496 e. The molecule has 146 valence electrons. The lowest BCUT2D eigenvalue weighted by atomic mass is 10.1. The summed E-state index contributed by atoms with van der Waals surface area (Å²) in [6, 6.07) is 21.8. The molecule has 1 amide bonds. The summed E-state index contributed by atoms with van der Waals surface area (Å²) >= 11 is 1.53. The third-order valence-electron chi connectivity index (χ3n) is 4.59. The van der Waals surface area contributed by atoms with Crippen molar-refractivity contribution in [1.82, 2.24) is 0 Å². The molecular formula is C23H19NO4S. The highest BCUT2D eigenvalue weighted by molar-refractivity contribution is 8.01. The van der Waals surface area contributed by atoms with E-state index >= 15 is 0 Å². The minimum Gasteiger partial charge on any atom is -0.496 e. The van der Waals surface area contributed by atoms with E-state index in [-0.39, 0.29) is 17.1 Å². The Balaban J connectivity index is 1.37. The second kappa shape index (κ2) is 8.41. The first-order chi connectivity index (χ1) is 14.1. The van der Waals surface area contributed by atoms with Gasteiger partial charge in [0.05, 0.1) is 12.7 Å². The van der Waals surface area contributed by atoms with E-state index in [9.17, 15) is 9.59 Å². The number of rotatable bonds is 5. The fourth-order valence-electron chi connectivity index (χ4n) is 3.13. The van der Waals surface area contributed by atoms with Crippen molar-refractivity contribution < 1.29 is 19.1 Å². The van der Waals surface area contributed by atoms with Crippen molar-refractivity contribution in [2.45, 2.75) is 16.6 Å². The molecule has 0 saturated heterocycles. The van der Waals surface area contributed by atoms with Gasteiger partial charge in [-0.1, -0.05) is 30.3 Å². The summed E-state index contributed by atoms with van der Waals surface area (Å²) in [5.41, 5.74) is 2.22. The summed E-state index contributed by atoms with van der Waals surface area (Å²) < 4.78 is 10.7. The third kappa shape index (κ3) is 4.27. The molecule has 1 aliphatic rings. The van der Waals surface area contributed by atoms with E-state index in [2.05, 4.69) is 5.32 Å². The van der Waals surface area contributed by atoms with Crippen LogP contribution in [-0.2, 0) is 11.2 Å². The molecule has 1 atom stereocenters. The number of nitrogens with one attached hydrogen (secondary N) is 1. The van der Waals surface area contributed by atoms with Crippen molar-refractivity contribution >= 4 is 29.3 Å². The number of carbonyl (C=O) groups excluding carboxylic acids is 2. The molecule has 0 aromatic heterocycles. The van der Waals surface area contributed by atoms with Crippen LogP contribution in [0, 0.1) is 0 Å². The van der Waals surface area contributed by atoms with Crippen LogP contribution < -0.4 is 14.8 Å². The van der Waals surface area contributed by atoms with Crippen LogP contribution in [-0.4, -0.2) is 24.2 Å². The summed E-state index contributed by atoms with van der Waals surface area (Å²) in [5.74, 6) is 0.414. The number of benzene rings is 3. The van der Waals surface area contributed by atoms with Gasteiger partial charge in [0, 0.05) is 10.6 Å². The van der Waals surface area contributed by atoms with Gasteiger partial charge in [0.1, 0.15) is 16.7 Å². The van der Waals surface area contributed by atoms with Crippen LogP contribution in [0.2, 0.25) is 0 Å². The molecule has 1 heterocycles. The second-order valence-corrected chi connectivity index (χ2v) is 7.76. The van der Waals surface area contributed by atoms with E-state index in [0.717, 1.165) is 4.90 Å². The summed E-state index contributed by atoms with van der Waals surface area (Å²) in [5, 5.41) is 2.58. The number of carbonyl (C=O) groups is 2. The Labute approximate surface area is 173 Å². The first-order valence-corrected chi connectivity index (χ1v) is 10.0. The number of anilines is 1. The molecule has 1 unspecified atom stereocenters. The number of hydrogen-bond donors (Lipinski definition) is 1. The van der Waals surface area contributed by atoms with Crippen LogP contribution in [0.1, 0.15) is 15.9 Å². The van der Waals surface area contributed by atoms with E-state index in [0.29, 0.717) is 29.2 Å². The first kappa shape index (κ1) is 19.1. The van der Waals surface area contributed by atoms with Gasteiger partial charge in [-0.25, -0.2) is 0 Å². The fraction of sp³-hybridized carbons (Fsp3) is 0.130. The van der Waals surface area contributed by atoms with Crippen molar-refractivity contribution in [3.05, 3.63) is 83.9 Å². The third-order valence-corrected chi connectivity index (χ3v) is 5.89. The van der Waals surface area contributed by atoms with Crippen molar-refractivity contribution in [3.8, 4) is 11.5 Å². The van der Waals surface area contributed by atoms with Gasteiger partial charge in [0.15, 0.2) is 0 Å². The Morgan fingerprint density at radius 2 is 1.69 bits per heavy atom. The predicted molar refractivity (Wildman–Crippen MR) is 113 cm³/mol. The fourth-order valence-corrected chi connectivity index (χ4v) is 4.31. The van der Waals surface area contributed by atoms with Crippen molar-refractivity contribution in [2.24, 2.45) is 0 Å². The van der Waals surface area contributed by atoms with Gasteiger partial charge in [0.25, 0.3) is 5.91 Å². The molecule has 0 radical (unpaired) electrons. The highest BCUT2D eigenvalue weighted by Gasteiger charge is 2.29. The van der Waals surface area contributed by atoms with Crippen molar-refractivity contribution in [1.29, 1.82) is 0 Å². The number of fused-ring (bicyclic) bond motifs is 1. The molecule has 0 bridgehead atoms. The van der Waals surface area contributed by atoms with E-state index in [1.165, 1.54) is 24.4 Å². The number of amides is 1. The van der Waals surface area contributed by atoms with Crippen LogP contribution in [0.25, 0.3) is 0 Å². The molecule has 0 fully saturated rings. The smallest absolute Gasteiger partial charge is 0.325 e. The van der Waals surface area contributed by atoms with Crippen molar-refractivity contribution in [3.63, 3.8) is 0 Å².